The quantitative estimate of drug-likeness (QED) is 0.674. The van der Waals surface area contributed by atoms with Gasteiger partial charge in [0.05, 0.1) is 17.5 Å². The van der Waals surface area contributed by atoms with E-state index in [0.717, 1.165) is 19.3 Å². The molecule has 2 amide bonds. The van der Waals surface area contributed by atoms with Gasteiger partial charge in [-0.1, -0.05) is 38.3 Å². The van der Waals surface area contributed by atoms with Crippen molar-refractivity contribution in [2.75, 3.05) is 11.9 Å². The fraction of sp³-hybridized carbons (Fsp3) is 0.562. The first-order chi connectivity index (χ1) is 12.3. The first kappa shape index (κ1) is 20.7. The summed E-state index contributed by atoms with van der Waals surface area (Å²) in [7, 11) is -7.86. The summed E-state index contributed by atoms with van der Waals surface area (Å²) in [6.07, 6.45) is 4.14. The molecular weight excluding hydrogens is 380 g/mol. The van der Waals surface area contributed by atoms with Crippen molar-refractivity contribution in [2.24, 2.45) is 0 Å². The van der Waals surface area contributed by atoms with Crippen LogP contribution in [0.3, 0.4) is 0 Å². The molecule has 8 nitrogen and oxygen atoms in total. The molecule has 0 heterocycles. The van der Waals surface area contributed by atoms with Gasteiger partial charge in [0.2, 0.25) is 10.0 Å². The number of anilines is 1. The molecule has 146 valence electrons. The van der Waals surface area contributed by atoms with Crippen molar-refractivity contribution in [1.82, 2.24) is 4.72 Å². The fourth-order valence-electron chi connectivity index (χ4n) is 2.78. The zero-order chi connectivity index (χ0) is 19.2. The lowest BCUT2D eigenvalue weighted by Crippen LogP contribution is -2.41. The molecule has 0 saturated heterocycles. The third-order valence-electron chi connectivity index (χ3n) is 4.07. The van der Waals surface area contributed by atoms with Crippen LogP contribution in [0.4, 0.5) is 10.5 Å². The Morgan fingerprint density at radius 1 is 1.12 bits per heavy atom. The summed E-state index contributed by atoms with van der Waals surface area (Å²) in [5, 5.41) is 1.70. The fourth-order valence-corrected chi connectivity index (χ4v) is 5.36. The molecule has 0 atom stereocenters. The number of hydrogen-bond acceptors (Lipinski definition) is 6. The standard InChI is InChI=1S/C16H24N2O6S2/c1-2-12-24-26(22,23)15-11-7-6-10-14(15)17-16(19)18-25(20,21)13-8-4-3-5-9-13/h6-7,10-11,13H,2-5,8-9,12H2,1H3,(H2,17,18,19). The third-order valence-corrected chi connectivity index (χ3v) is 7.26. The van der Waals surface area contributed by atoms with E-state index in [-0.39, 0.29) is 17.2 Å². The number of sulfonamides is 1. The maximum absolute atomic E-state index is 12.3. The lowest BCUT2D eigenvalue weighted by molar-refractivity contribution is 0.256. The van der Waals surface area contributed by atoms with Gasteiger partial charge in [-0.2, -0.15) is 8.42 Å². The lowest BCUT2D eigenvalue weighted by atomic mass is 10.0. The van der Waals surface area contributed by atoms with Gasteiger partial charge in [0, 0.05) is 0 Å². The number of benzene rings is 1. The molecule has 2 N–H and O–H groups in total. The van der Waals surface area contributed by atoms with Crippen LogP contribution in [-0.4, -0.2) is 34.7 Å². The number of rotatable bonds is 7. The molecule has 2 rings (SSSR count). The van der Waals surface area contributed by atoms with Crippen molar-refractivity contribution in [1.29, 1.82) is 0 Å². The van der Waals surface area contributed by atoms with Gasteiger partial charge in [-0.15, -0.1) is 0 Å². The topological polar surface area (TPSA) is 119 Å². The molecule has 0 bridgehead atoms. The molecule has 0 aliphatic heterocycles. The van der Waals surface area contributed by atoms with Gasteiger partial charge in [0.15, 0.2) is 0 Å². The molecule has 26 heavy (non-hydrogen) atoms. The van der Waals surface area contributed by atoms with E-state index in [0.29, 0.717) is 19.3 Å². The molecule has 1 aliphatic carbocycles. The number of urea groups is 1. The largest absolute Gasteiger partial charge is 0.332 e. The van der Waals surface area contributed by atoms with Crippen LogP contribution in [0.2, 0.25) is 0 Å². The van der Waals surface area contributed by atoms with Crippen LogP contribution < -0.4 is 10.0 Å². The van der Waals surface area contributed by atoms with E-state index in [2.05, 4.69) is 5.32 Å². The highest BCUT2D eigenvalue weighted by atomic mass is 32.2. The van der Waals surface area contributed by atoms with Crippen LogP contribution in [-0.2, 0) is 24.3 Å². The molecule has 1 saturated carbocycles. The lowest BCUT2D eigenvalue weighted by Gasteiger charge is -2.22. The Bertz CT molecular complexity index is 830. The van der Waals surface area contributed by atoms with Gasteiger partial charge in [-0.3, -0.25) is 4.18 Å². The second-order valence-electron chi connectivity index (χ2n) is 6.13. The average Bonchev–Trinajstić information content (AvgIpc) is 2.60. The second-order valence-corrected chi connectivity index (χ2v) is 9.68. The summed E-state index contributed by atoms with van der Waals surface area (Å²) in [6.45, 7) is 1.78. The van der Waals surface area contributed by atoms with Gasteiger partial charge in [0.1, 0.15) is 4.90 Å². The minimum absolute atomic E-state index is 0.0128. The normalized spacial score (nSPS) is 16.2. The number of carbonyl (C=O) groups excluding carboxylic acids is 1. The summed E-state index contributed by atoms with van der Waals surface area (Å²) in [4.78, 5) is 11.9. The number of para-hydroxylation sites is 1. The molecule has 0 aromatic heterocycles. The molecule has 1 aromatic carbocycles. The Hall–Kier alpha value is -1.65. The highest BCUT2D eigenvalue weighted by molar-refractivity contribution is 7.90. The van der Waals surface area contributed by atoms with Crippen LogP contribution in [0, 0.1) is 0 Å². The predicted octanol–water partition coefficient (Wildman–Crippen LogP) is 2.59. The van der Waals surface area contributed by atoms with Crippen molar-refractivity contribution in [3.05, 3.63) is 24.3 Å². The maximum atomic E-state index is 12.3. The molecule has 1 aromatic rings. The summed E-state index contributed by atoms with van der Waals surface area (Å²) >= 11 is 0. The Kier molecular flexibility index (Phi) is 7.01. The Balaban J connectivity index is 2.12. The van der Waals surface area contributed by atoms with E-state index in [1.807, 2.05) is 4.72 Å². The van der Waals surface area contributed by atoms with Crippen LogP contribution in [0.25, 0.3) is 0 Å². The summed E-state index contributed by atoms with van der Waals surface area (Å²) in [5.74, 6) is 0. The molecule has 1 aliphatic rings. The number of hydrogen-bond donors (Lipinski definition) is 2. The number of carbonyl (C=O) groups is 1. The van der Waals surface area contributed by atoms with Crippen molar-refractivity contribution in [3.8, 4) is 0 Å². The van der Waals surface area contributed by atoms with Crippen molar-refractivity contribution in [2.45, 2.75) is 55.6 Å². The van der Waals surface area contributed by atoms with Crippen molar-refractivity contribution >= 4 is 31.9 Å². The van der Waals surface area contributed by atoms with E-state index in [1.54, 1.807) is 6.92 Å². The number of amides is 2. The highest BCUT2D eigenvalue weighted by Crippen LogP contribution is 2.24. The first-order valence-corrected chi connectivity index (χ1v) is 11.5. The van der Waals surface area contributed by atoms with Crippen LogP contribution >= 0.6 is 0 Å². The van der Waals surface area contributed by atoms with Crippen LogP contribution in [0.15, 0.2) is 29.2 Å². The van der Waals surface area contributed by atoms with Crippen molar-refractivity contribution in [3.63, 3.8) is 0 Å². The highest BCUT2D eigenvalue weighted by Gasteiger charge is 2.29. The Labute approximate surface area is 154 Å². The molecular formula is C16H24N2O6S2. The molecule has 0 unspecified atom stereocenters. The zero-order valence-electron chi connectivity index (χ0n) is 14.6. The van der Waals surface area contributed by atoms with E-state index >= 15 is 0 Å². The Morgan fingerprint density at radius 3 is 2.42 bits per heavy atom. The van der Waals surface area contributed by atoms with Gasteiger partial charge in [-0.25, -0.2) is 17.9 Å². The maximum Gasteiger partial charge on any atom is 0.332 e. The molecule has 10 heteroatoms. The minimum Gasteiger partial charge on any atom is -0.306 e. The average molecular weight is 405 g/mol. The molecule has 0 spiro atoms. The van der Waals surface area contributed by atoms with Gasteiger partial charge >= 0.3 is 6.03 Å². The number of nitrogens with one attached hydrogen (secondary N) is 2. The van der Waals surface area contributed by atoms with E-state index < -0.39 is 31.4 Å². The predicted molar refractivity (Wildman–Crippen MR) is 97.8 cm³/mol. The van der Waals surface area contributed by atoms with Crippen LogP contribution in [0.5, 0.6) is 0 Å². The summed E-state index contributed by atoms with van der Waals surface area (Å²) < 4.78 is 55.9. The molecule has 1 fully saturated rings. The third kappa shape index (κ3) is 5.42. The van der Waals surface area contributed by atoms with Crippen LogP contribution in [0.1, 0.15) is 45.4 Å². The summed E-state index contributed by atoms with van der Waals surface area (Å²) in [5.41, 5.74) is -0.0417. The monoisotopic (exact) mass is 404 g/mol. The SMILES string of the molecule is CCCOS(=O)(=O)c1ccccc1NC(=O)NS(=O)(=O)C1CCCCC1. The zero-order valence-corrected chi connectivity index (χ0v) is 16.2. The van der Waals surface area contributed by atoms with E-state index in [1.165, 1.54) is 24.3 Å². The Morgan fingerprint density at radius 2 is 1.77 bits per heavy atom. The first-order valence-electron chi connectivity index (χ1n) is 8.57. The van der Waals surface area contributed by atoms with Gasteiger partial charge in [-0.05, 0) is 31.4 Å². The molecule has 0 radical (unpaired) electrons. The summed E-state index contributed by atoms with van der Waals surface area (Å²) in [6, 6.07) is 4.69. The van der Waals surface area contributed by atoms with Gasteiger partial charge < -0.3 is 5.32 Å². The van der Waals surface area contributed by atoms with E-state index in [4.69, 9.17) is 4.18 Å². The minimum atomic E-state index is -4.05. The van der Waals surface area contributed by atoms with Crippen molar-refractivity contribution < 1.29 is 25.8 Å². The second kappa shape index (κ2) is 8.83. The van der Waals surface area contributed by atoms with E-state index in [9.17, 15) is 21.6 Å². The smallest absolute Gasteiger partial charge is 0.306 e. The van der Waals surface area contributed by atoms with Gasteiger partial charge in [0.25, 0.3) is 10.1 Å².